The summed E-state index contributed by atoms with van der Waals surface area (Å²) in [6, 6.07) is 4.90. The van der Waals surface area contributed by atoms with E-state index in [4.69, 9.17) is 11.0 Å². The van der Waals surface area contributed by atoms with E-state index >= 15 is 0 Å². The molecule has 1 aliphatic carbocycles. The standard InChI is InChI=1S/C11H14N4O2S/c12-6-1-7-15(9-2-3-9)18(16,17)10-4-5-11(13)14-8-10/h4-5,8-9H,1-3,7H2,(H2,13,14). The van der Waals surface area contributed by atoms with E-state index in [1.165, 1.54) is 22.6 Å². The van der Waals surface area contributed by atoms with Crippen molar-refractivity contribution < 1.29 is 8.42 Å². The number of aromatic nitrogens is 1. The summed E-state index contributed by atoms with van der Waals surface area (Å²) < 4.78 is 26.1. The molecule has 96 valence electrons. The molecular formula is C11H14N4O2S. The third kappa shape index (κ3) is 2.60. The zero-order chi connectivity index (χ0) is 13.2. The summed E-state index contributed by atoms with van der Waals surface area (Å²) in [4.78, 5) is 3.92. The predicted molar refractivity (Wildman–Crippen MR) is 65.8 cm³/mol. The number of pyridine rings is 1. The van der Waals surface area contributed by atoms with Crippen molar-refractivity contribution in [3.8, 4) is 6.07 Å². The van der Waals surface area contributed by atoms with Gasteiger partial charge in [0.2, 0.25) is 10.0 Å². The number of hydrogen-bond donors (Lipinski definition) is 1. The maximum Gasteiger partial charge on any atom is 0.244 e. The maximum absolute atomic E-state index is 12.4. The first-order valence-corrected chi connectivity index (χ1v) is 7.10. The van der Waals surface area contributed by atoms with Crippen molar-refractivity contribution in [2.45, 2.75) is 30.2 Å². The Labute approximate surface area is 106 Å². The molecule has 1 heterocycles. The number of nitriles is 1. The second kappa shape index (κ2) is 4.92. The minimum atomic E-state index is -3.56. The van der Waals surface area contributed by atoms with Crippen LogP contribution in [0.1, 0.15) is 19.3 Å². The third-order valence-corrected chi connectivity index (χ3v) is 4.70. The molecule has 1 aromatic rings. The summed E-state index contributed by atoms with van der Waals surface area (Å²) in [5.74, 6) is 0.281. The van der Waals surface area contributed by atoms with Crippen LogP contribution in [-0.2, 0) is 10.0 Å². The molecule has 0 aromatic carbocycles. The lowest BCUT2D eigenvalue weighted by Gasteiger charge is -2.20. The van der Waals surface area contributed by atoms with Gasteiger partial charge >= 0.3 is 0 Å². The van der Waals surface area contributed by atoms with E-state index in [1.54, 1.807) is 0 Å². The lowest BCUT2D eigenvalue weighted by Crippen LogP contribution is -2.34. The van der Waals surface area contributed by atoms with Gasteiger partial charge in [-0.25, -0.2) is 13.4 Å². The fourth-order valence-electron chi connectivity index (χ4n) is 1.70. The van der Waals surface area contributed by atoms with E-state index in [0.717, 1.165) is 12.8 Å². The molecule has 1 fully saturated rings. The fourth-order valence-corrected chi connectivity index (χ4v) is 3.33. The fraction of sp³-hybridized carbons (Fsp3) is 0.455. The van der Waals surface area contributed by atoms with Crippen molar-refractivity contribution in [3.63, 3.8) is 0 Å². The van der Waals surface area contributed by atoms with Gasteiger partial charge in [-0.1, -0.05) is 0 Å². The highest BCUT2D eigenvalue weighted by Gasteiger charge is 2.37. The Morgan fingerprint density at radius 1 is 1.50 bits per heavy atom. The van der Waals surface area contributed by atoms with Gasteiger partial charge in [-0.05, 0) is 25.0 Å². The molecule has 2 N–H and O–H groups in total. The SMILES string of the molecule is N#CCCN(C1CC1)S(=O)(=O)c1ccc(N)nc1. The molecule has 0 unspecified atom stereocenters. The Morgan fingerprint density at radius 2 is 2.22 bits per heavy atom. The van der Waals surface area contributed by atoms with E-state index in [-0.39, 0.29) is 29.7 Å². The van der Waals surface area contributed by atoms with Crippen molar-refractivity contribution >= 4 is 15.8 Å². The number of anilines is 1. The van der Waals surface area contributed by atoms with E-state index in [1.807, 2.05) is 6.07 Å². The molecule has 0 bridgehead atoms. The summed E-state index contributed by atoms with van der Waals surface area (Å²) in [6.45, 7) is 0.230. The summed E-state index contributed by atoms with van der Waals surface area (Å²) in [5, 5.41) is 8.59. The number of nitrogens with zero attached hydrogens (tertiary/aromatic N) is 3. The molecule has 0 amide bonds. The third-order valence-electron chi connectivity index (χ3n) is 2.76. The first-order chi connectivity index (χ1) is 8.55. The van der Waals surface area contributed by atoms with Crippen LogP contribution in [0.2, 0.25) is 0 Å². The van der Waals surface area contributed by atoms with Crippen molar-refractivity contribution in [1.82, 2.24) is 9.29 Å². The van der Waals surface area contributed by atoms with Crippen LogP contribution in [-0.4, -0.2) is 30.3 Å². The molecule has 1 aromatic heterocycles. The normalized spacial score (nSPS) is 15.6. The number of hydrogen-bond acceptors (Lipinski definition) is 5. The van der Waals surface area contributed by atoms with Gasteiger partial charge in [0, 0.05) is 25.2 Å². The summed E-state index contributed by atoms with van der Waals surface area (Å²) in [5.41, 5.74) is 5.44. The molecule has 0 aliphatic heterocycles. The van der Waals surface area contributed by atoms with E-state index in [9.17, 15) is 8.42 Å². The van der Waals surface area contributed by atoms with Crippen LogP contribution in [0.3, 0.4) is 0 Å². The Hall–Kier alpha value is -1.65. The van der Waals surface area contributed by atoms with Gasteiger partial charge in [0.15, 0.2) is 0 Å². The molecule has 7 heteroatoms. The van der Waals surface area contributed by atoms with Gasteiger partial charge in [-0.2, -0.15) is 9.57 Å². The molecule has 18 heavy (non-hydrogen) atoms. The lowest BCUT2D eigenvalue weighted by molar-refractivity contribution is 0.410. The van der Waals surface area contributed by atoms with Gasteiger partial charge in [0.1, 0.15) is 10.7 Å². The summed E-state index contributed by atoms with van der Waals surface area (Å²) in [7, 11) is -3.56. The van der Waals surface area contributed by atoms with Crippen LogP contribution < -0.4 is 5.73 Å². The van der Waals surface area contributed by atoms with E-state index in [2.05, 4.69) is 4.98 Å². The van der Waals surface area contributed by atoms with Crippen LogP contribution in [0.15, 0.2) is 23.2 Å². The van der Waals surface area contributed by atoms with Crippen LogP contribution in [0, 0.1) is 11.3 Å². The van der Waals surface area contributed by atoms with Crippen LogP contribution in [0.5, 0.6) is 0 Å². The van der Waals surface area contributed by atoms with Crippen LogP contribution >= 0.6 is 0 Å². The summed E-state index contributed by atoms with van der Waals surface area (Å²) in [6.07, 6.45) is 3.16. The second-order valence-corrected chi connectivity index (χ2v) is 6.06. The topological polar surface area (TPSA) is 100 Å². The molecule has 0 atom stereocenters. The average Bonchev–Trinajstić information content (AvgIpc) is 3.14. The number of nitrogens with two attached hydrogens (primary N) is 1. The van der Waals surface area contributed by atoms with Crippen molar-refractivity contribution in [2.24, 2.45) is 0 Å². The highest BCUT2D eigenvalue weighted by atomic mass is 32.2. The van der Waals surface area contributed by atoms with Crippen LogP contribution in [0.25, 0.3) is 0 Å². The molecule has 6 nitrogen and oxygen atoms in total. The first kappa shape index (κ1) is 12.8. The van der Waals surface area contributed by atoms with Gasteiger partial charge in [0.05, 0.1) is 6.07 Å². The van der Waals surface area contributed by atoms with E-state index < -0.39 is 10.0 Å². The highest BCUT2D eigenvalue weighted by Crippen LogP contribution is 2.31. The smallest absolute Gasteiger partial charge is 0.244 e. The van der Waals surface area contributed by atoms with Crippen molar-refractivity contribution in [1.29, 1.82) is 5.26 Å². The van der Waals surface area contributed by atoms with Gasteiger partial charge in [-0.3, -0.25) is 0 Å². The first-order valence-electron chi connectivity index (χ1n) is 5.66. The maximum atomic E-state index is 12.4. The summed E-state index contributed by atoms with van der Waals surface area (Å²) >= 11 is 0. The molecule has 1 aliphatic rings. The molecule has 2 rings (SSSR count). The van der Waals surface area contributed by atoms with E-state index in [0.29, 0.717) is 0 Å². The Kier molecular flexibility index (Phi) is 3.50. The molecule has 0 spiro atoms. The van der Waals surface area contributed by atoms with Crippen molar-refractivity contribution in [3.05, 3.63) is 18.3 Å². The molecular weight excluding hydrogens is 252 g/mol. The monoisotopic (exact) mass is 266 g/mol. The number of nitrogen functional groups attached to an aromatic ring is 1. The zero-order valence-corrected chi connectivity index (χ0v) is 10.6. The largest absolute Gasteiger partial charge is 0.384 e. The molecule has 0 radical (unpaired) electrons. The van der Waals surface area contributed by atoms with Gasteiger partial charge in [-0.15, -0.1) is 0 Å². The quantitative estimate of drug-likeness (QED) is 0.846. The van der Waals surface area contributed by atoms with Gasteiger partial charge < -0.3 is 5.73 Å². The number of sulfonamides is 1. The molecule has 0 saturated heterocycles. The predicted octanol–water partition coefficient (Wildman–Crippen LogP) is 0.731. The van der Waals surface area contributed by atoms with Gasteiger partial charge in [0.25, 0.3) is 0 Å². The Balaban J connectivity index is 2.27. The number of rotatable bonds is 5. The highest BCUT2D eigenvalue weighted by molar-refractivity contribution is 7.89. The Bertz CT molecular complexity index is 558. The van der Waals surface area contributed by atoms with Crippen molar-refractivity contribution in [2.75, 3.05) is 12.3 Å². The van der Waals surface area contributed by atoms with Crippen LogP contribution in [0.4, 0.5) is 5.82 Å². The molecule has 1 saturated carbocycles. The zero-order valence-electron chi connectivity index (χ0n) is 9.78. The lowest BCUT2D eigenvalue weighted by atomic mass is 10.4. The minimum Gasteiger partial charge on any atom is -0.384 e. The minimum absolute atomic E-state index is 0.0286. The Morgan fingerprint density at radius 3 is 2.72 bits per heavy atom. The second-order valence-electron chi connectivity index (χ2n) is 4.17. The average molecular weight is 266 g/mol.